The van der Waals surface area contributed by atoms with Crippen LogP contribution < -0.4 is 10.4 Å². The zero-order chi connectivity index (χ0) is 13.2. The van der Waals surface area contributed by atoms with Gasteiger partial charge in [0.25, 0.3) is 0 Å². The van der Waals surface area contributed by atoms with Crippen LogP contribution in [0.5, 0.6) is 0 Å². The average Bonchev–Trinajstić information content (AvgIpc) is 2.66. The van der Waals surface area contributed by atoms with E-state index in [4.69, 9.17) is 4.74 Å². The number of aromatic nitrogens is 1. The van der Waals surface area contributed by atoms with Crippen molar-refractivity contribution in [1.29, 1.82) is 0 Å². The van der Waals surface area contributed by atoms with Crippen LogP contribution in [0.2, 0.25) is 25.7 Å². The topological polar surface area (TPSA) is 37.4 Å². The predicted molar refractivity (Wildman–Crippen MR) is 80.2 cm³/mol. The van der Waals surface area contributed by atoms with Gasteiger partial charge in [0, 0.05) is 25.4 Å². The zero-order valence-corrected chi connectivity index (χ0v) is 13.7. The minimum atomic E-state index is -0.998. The predicted octanol–water partition coefficient (Wildman–Crippen LogP) is 2.98. The molecule has 4 nitrogen and oxygen atoms in total. The van der Waals surface area contributed by atoms with Crippen molar-refractivity contribution in [3.8, 4) is 0 Å². The molecule has 0 spiro atoms. The van der Waals surface area contributed by atoms with E-state index >= 15 is 0 Å². The number of hydrazine groups is 1. The Morgan fingerprint density at radius 3 is 3.00 bits per heavy atom. The summed E-state index contributed by atoms with van der Waals surface area (Å²) in [5, 5.41) is 2.03. The van der Waals surface area contributed by atoms with Gasteiger partial charge in [-0.3, -0.25) is 9.99 Å². The molecule has 0 saturated heterocycles. The molecular weight excluding hydrogens is 310 g/mol. The molecule has 0 radical (unpaired) electrons. The third-order valence-corrected chi connectivity index (χ3v) is 5.00. The Kier molecular flexibility index (Phi) is 4.42. The molecular formula is C12H20BrN3OSi. The maximum absolute atomic E-state index is 5.75. The molecule has 0 bridgehead atoms. The Labute approximate surface area is 118 Å². The fourth-order valence-corrected chi connectivity index (χ4v) is 2.81. The number of ether oxygens (including phenoxy) is 1. The van der Waals surface area contributed by atoms with Crippen LogP contribution in [0.4, 0.5) is 5.69 Å². The maximum atomic E-state index is 5.75. The van der Waals surface area contributed by atoms with Gasteiger partial charge in [0.1, 0.15) is 6.73 Å². The van der Waals surface area contributed by atoms with Crippen molar-refractivity contribution < 1.29 is 4.74 Å². The van der Waals surface area contributed by atoms with Crippen molar-refractivity contribution in [2.45, 2.75) is 32.2 Å². The highest BCUT2D eigenvalue weighted by Gasteiger charge is 2.20. The summed E-state index contributed by atoms with van der Waals surface area (Å²) in [7, 11) is -0.998. The first-order valence-corrected chi connectivity index (χ1v) is 10.7. The Balaban J connectivity index is 1.85. The van der Waals surface area contributed by atoms with E-state index in [2.05, 4.69) is 52.0 Å². The summed E-state index contributed by atoms with van der Waals surface area (Å²) in [6.07, 6.45) is 1.83. The SMILES string of the molecule is C[Si](C)(C)CCOCN1NCc2ncc(Br)cc21. The number of fused-ring (bicyclic) bond motifs is 1. The first kappa shape index (κ1) is 14.0. The van der Waals surface area contributed by atoms with Crippen molar-refractivity contribution in [2.24, 2.45) is 0 Å². The Morgan fingerprint density at radius 2 is 2.28 bits per heavy atom. The van der Waals surface area contributed by atoms with Crippen LogP contribution in [0.3, 0.4) is 0 Å². The first-order valence-electron chi connectivity index (χ1n) is 6.19. The summed E-state index contributed by atoms with van der Waals surface area (Å²) in [5.74, 6) is 0. The maximum Gasteiger partial charge on any atom is 0.133 e. The van der Waals surface area contributed by atoms with Crippen molar-refractivity contribution in [3.63, 3.8) is 0 Å². The number of rotatable bonds is 5. The zero-order valence-electron chi connectivity index (χ0n) is 11.2. The molecule has 0 aliphatic carbocycles. The molecule has 0 aromatic carbocycles. The van der Waals surface area contributed by atoms with Gasteiger partial charge in [-0.05, 0) is 28.0 Å². The van der Waals surface area contributed by atoms with Gasteiger partial charge >= 0.3 is 0 Å². The number of hydrogen-bond acceptors (Lipinski definition) is 4. The van der Waals surface area contributed by atoms with E-state index in [0.29, 0.717) is 6.73 Å². The molecule has 0 fully saturated rings. The molecule has 2 rings (SSSR count). The highest BCUT2D eigenvalue weighted by atomic mass is 79.9. The van der Waals surface area contributed by atoms with Gasteiger partial charge in [-0.1, -0.05) is 19.6 Å². The Hall–Kier alpha value is -0.433. The molecule has 18 heavy (non-hydrogen) atoms. The second-order valence-corrected chi connectivity index (χ2v) is 12.3. The van der Waals surface area contributed by atoms with Gasteiger partial charge in [-0.2, -0.15) is 0 Å². The summed E-state index contributed by atoms with van der Waals surface area (Å²) in [5.41, 5.74) is 5.47. The third-order valence-electron chi connectivity index (χ3n) is 2.86. The van der Waals surface area contributed by atoms with E-state index in [1.54, 1.807) is 0 Å². The van der Waals surface area contributed by atoms with E-state index < -0.39 is 8.07 Å². The van der Waals surface area contributed by atoms with Crippen LogP contribution in [0, 0.1) is 0 Å². The summed E-state index contributed by atoms with van der Waals surface area (Å²) in [4.78, 5) is 4.38. The standard InChI is InChI=1S/C12H20BrN3OSi/c1-18(2,3)5-4-17-9-16-12-6-10(13)7-14-11(12)8-15-16/h6-7,15H,4-5,8-9H2,1-3H3. The van der Waals surface area contributed by atoms with E-state index in [-0.39, 0.29) is 0 Å². The molecule has 1 aromatic heterocycles. The number of anilines is 1. The molecule has 1 aromatic rings. The lowest BCUT2D eigenvalue weighted by Gasteiger charge is -2.21. The van der Waals surface area contributed by atoms with Crippen LogP contribution in [0.25, 0.3) is 0 Å². The van der Waals surface area contributed by atoms with E-state index in [1.807, 2.05) is 11.2 Å². The van der Waals surface area contributed by atoms with Crippen molar-refractivity contribution in [1.82, 2.24) is 10.4 Å². The fourth-order valence-electron chi connectivity index (χ4n) is 1.73. The summed E-state index contributed by atoms with van der Waals surface area (Å²) >= 11 is 3.45. The third kappa shape index (κ3) is 3.78. The number of pyridine rings is 1. The Bertz CT molecular complexity index is 422. The van der Waals surface area contributed by atoms with E-state index in [1.165, 1.54) is 6.04 Å². The lowest BCUT2D eigenvalue weighted by atomic mass is 10.3. The van der Waals surface area contributed by atoms with Crippen molar-refractivity contribution in [3.05, 3.63) is 22.4 Å². The van der Waals surface area contributed by atoms with Crippen LogP contribution >= 0.6 is 15.9 Å². The molecule has 0 atom stereocenters. The van der Waals surface area contributed by atoms with Crippen LogP contribution in [-0.4, -0.2) is 26.4 Å². The minimum absolute atomic E-state index is 0.579. The van der Waals surface area contributed by atoms with Crippen molar-refractivity contribution >= 4 is 29.7 Å². The fraction of sp³-hybridized carbons (Fsp3) is 0.583. The largest absolute Gasteiger partial charge is 0.360 e. The molecule has 6 heteroatoms. The summed E-state index contributed by atoms with van der Waals surface area (Å²) in [6, 6.07) is 3.27. The molecule has 1 N–H and O–H groups in total. The average molecular weight is 330 g/mol. The molecule has 0 saturated carbocycles. The lowest BCUT2D eigenvalue weighted by molar-refractivity contribution is 0.141. The van der Waals surface area contributed by atoms with Crippen molar-refractivity contribution in [2.75, 3.05) is 18.3 Å². The molecule has 100 valence electrons. The minimum Gasteiger partial charge on any atom is -0.360 e. The lowest BCUT2D eigenvalue weighted by Crippen LogP contribution is -2.35. The summed E-state index contributed by atoms with van der Waals surface area (Å²) < 4.78 is 6.74. The normalized spacial score (nSPS) is 15.0. The highest BCUT2D eigenvalue weighted by molar-refractivity contribution is 9.10. The van der Waals surface area contributed by atoms with Crippen LogP contribution in [0.1, 0.15) is 5.69 Å². The number of nitrogens with one attached hydrogen (secondary N) is 1. The summed E-state index contributed by atoms with van der Waals surface area (Å²) in [6.45, 7) is 9.28. The van der Waals surface area contributed by atoms with E-state index in [0.717, 1.165) is 29.0 Å². The molecule has 2 heterocycles. The van der Waals surface area contributed by atoms with Gasteiger partial charge in [0.2, 0.25) is 0 Å². The molecule has 1 aliphatic rings. The highest BCUT2D eigenvalue weighted by Crippen LogP contribution is 2.26. The first-order chi connectivity index (χ1) is 8.46. The molecule has 1 aliphatic heterocycles. The quantitative estimate of drug-likeness (QED) is 0.665. The van der Waals surface area contributed by atoms with Crippen LogP contribution in [0.15, 0.2) is 16.7 Å². The second kappa shape index (κ2) is 5.69. The number of nitrogens with zero attached hydrogens (tertiary/aromatic N) is 2. The smallest absolute Gasteiger partial charge is 0.133 e. The van der Waals surface area contributed by atoms with Gasteiger partial charge in [-0.15, -0.1) is 0 Å². The van der Waals surface area contributed by atoms with Crippen LogP contribution in [-0.2, 0) is 11.3 Å². The van der Waals surface area contributed by atoms with E-state index in [9.17, 15) is 0 Å². The van der Waals surface area contributed by atoms with Gasteiger partial charge in [0.05, 0.1) is 17.9 Å². The van der Waals surface area contributed by atoms with Gasteiger partial charge < -0.3 is 4.74 Å². The second-order valence-electron chi connectivity index (χ2n) is 5.73. The molecule has 0 unspecified atom stereocenters. The molecule has 0 amide bonds. The monoisotopic (exact) mass is 329 g/mol. The van der Waals surface area contributed by atoms with Gasteiger partial charge in [0.15, 0.2) is 0 Å². The number of halogens is 1. The van der Waals surface area contributed by atoms with Gasteiger partial charge in [-0.25, -0.2) is 5.43 Å². The number of hydrogen-bond donors (Lipinski definition) is 1. The Morgan fingerprint density at radius 1 is 1.50 bits per heavy atom.